The molecule has 0 radical (unpaired) electrons. The van der Waals surface area contributed by atoms with Crippen LogP contribution in [0, 0.1) is 11.8 Å². The van der Waals surface area contributed by atoms with Crippen LogP contribution >= 0.6 is 0 Å². The van der Waals surface area contributed by atoms with E-state index >= 15 is 0 Å². The van der Waals surface area contributed by atoms with E-state index < -0.39 is 11.9 Å². The molecule has 1 spiro atoms. The van der Waals surface area contributed by atoms with Crippen LogP contribution in [0.4, 0.5) is 0 Å². The number of carboxylic acids is 1. The molecule has 3 heterocycles. The van der Waals surface area contributed by atoms with Gasteiger partial charge in [-0.2, -0.15) is 0 Å². The molecule has 0 bridgehead atoms. The average molecular weight is 589 g/mol. The molecule has 220 valence electrons. The number of hydrogen-bond donors (Lipinski definition) is 0. The predicted octanol–water partition coefficient (Wildman–Crippen LogP) is 3.23. The molecule has 7 rings (SSSR count). The van der Waals surface area contributed by atoms with Crippen molar-refractivity contribution in [2.24, 2.45) is 11.8 Å². The largest absolute Gasteiger partial charge is 1.00 e. The van der Waals surface area contributed by atoms with Crippen molar-refractivity contribution in [1.82, 2.24) is 9.88 Å². The summed E-state index contributed by atoms with van der Waals surface area (Å²) in [5.74, 6) is 0.441. The van der Waals surface area contributed by atoms with Crippen LogP contribution in [0.15, 0.2) is 54.7 Å². The van der Waals surface area contributed by atoms with Crippen molar-refractivity contribution in [2.45, 2.75) is 88.8 Å². The molecule has 1 saturated heterocycles. The van der Waals surface area contributed by atoms with Crippen molar-refractivity contribution in [3.63, 3.8) is 0 Å². The fraction of sp³-hybridized carbons (Fsp3) is 0.500. The van der Waals surface area contributed by atoms with Gasteiger partial charge in [-0.1, -0.05) is 43.7 Å². The monoisotopic (exact) mass is 588 g/mol. The summed E-state index contributed by atoms with van der Waals surface area (Å²) in [6.07, 6.45) is 12.4. The van der Waals surface area contributed by atoms with Gasteiger partial charge in [0, 0.05) is 36.2 Å². The van der Waals surface area contributed by atoms with E-state index in [0.717, 1.165) is 55.6 Å². The molecule has 3 aromatic rings. The number of nitrogens with zero attached hydrogens (tertiary/aromatic N) is 2. The number of piperidine rings is 1. The summed E-state index contributed by atoms with van der Waals surface area (Å²) in [5, 5.41) is 11.8. The molecule has 2 aliphatic heterocycles. The van der Waals surface area contributed by atoms with E-state index in [1.54, 1.807) is 14.0 Å². The Bertz CT molecular complexity index is 1480. The molecule has 3 fully saturated rings. The molecule has 43 heavy (non-hydrogen) atoms. The Kier molecular flexibility index (Phi) is 8.94. The van der Waals surface area contributed by atoms with E-state index in [-0.39, 0.29) is 41.6 Å². The van der Waals surface area contributed by atoms with Gasteiger partial charge in [0.2, 0.25) is 5.88 Å². The molecular weight excluding hydrogens is 547 g/mol. The zero-order valence-corrected chi connectivity index (χ0v) is 27.8. The number of likely N-dealkylation sites (tertiary alicyclic amines) is 1. The van der Waals surface area contributed by atoms with Gasteiger partial charge < -0.3 is 19.4 Å². The number of aryl methyl sites for hydroxylation is 1. The van der Waals surface area contributed by atoms with Gasteiger partial charge in [-0.05, 0) is 115 Å². The normalized spacial score (nSPS) is 22.0. The van der Waals surface area contributed by atoms with Gasteiger partial charge in [-0.15, -0.1) is 0 Å². The molecule has 7 heteroatoms. The summed E-state index contributed by atoms with van der Waals surface area (Å²) >= 11 is 0. The minimum absolute atomic E-state index is 0. The van der Waals surface area contributed by atoms with Crippen LogP contribution in [0.3, 0.4) is 0 Å². The second-order valence-electron chi connectivity index (χ2n) is 13.1. The fourth-order valence-corrected chi connectivity index (χ4v) is 7.63. The number of rotatable bonds is 9. The Hall–Kier alpha value is -2.38. The molecule has 1 aromatic heterocycles. The number of aliphatic carboxylic acids is 1. The van der Waals surface area contributed by atoms with Gasteiger partial charge in [0.05, 0.1) is 7.11 Å². The number of methoxy groups -OCH3 is 1. The van der Waals surface area contributed by atoms with Crippen LogP contribution < -0.4 is 44.1 Å². The molecule has 0 N–H and O–H groups in total. The standard InChI is InChI=1S/C36H42N2O4.Na/c1-23(35(39)40)34(25-6-7-25)28-8-5-24-10-12-31(42-32(24)20-28)27-9-11-30(26-13-17-37-33(21-26)41-2)29(19-27)22-38-18-4-3-14-36(38)15-16-36;/h5,8-9,11,13,17,19-21,23,25,31,34H,3-4,6-7,10,12,14-16,18,22H2,1-2H3,(H,39,40);/q;+1/p-1/t23-,31?,34-;/m0./s1. The quantitative estimate of drug-likeness (QED) is 0.358. The van der Waals surface area contributed by atoms with Crippen LogP contribution in [-0.4, -0.2) is 35.0 Å². The molecule has 0 amide bonds. The SMILES string of the molecule is COc1cc(-c2ccc(C3CCc4ccc([C@H](C5CC5)[C@H](C)C(=O)[O-])cc4O3)cc2CN2CCCCC23CC3)ccn1.[Na+]. The zero-order chi connectivity index (χ0) is 28.8. The van der Waals surface area contributed by atoms with Gasteiger partial charge in [0.25, 0.3) is 0 Å². The summed E-state index contributed by atoms with van der Waals surface area (Å²) in [6, 6.07) is 17.3. The molecule has 2 aromatic carbocycles. The smallest absolute Gasteiger partial charge is 0.550 e. The van der Waals surface area contributed by atoms with Crippen molar-refractivity contribution >= 4 is 5.97 Å². The second-order valence-corrected chi connectivity index (χ2v) is 13.1. The Labute approximate surface area is 277 Å². The first-order valence-corrected chi connectivity index (χ1v) is 15.8. The molecule has 3 atom stereocenters. The van der Waals surface area contributed by atoms with Crippen molar-refractivity contribution in [3.8, 4) is 22.8 Å². The first-order chi connectivity index (χ1) is 20.4. The minimum atomic E-state index is -0.968. The van der Waals surface area contributed by atoms with Crippen molar-refractivity contribution in [2.75, 3.05) is 13.7 Å². The third-order valence-corrected chi connectivity index (χ3v) is 10.4. The van der Waals surface area contributed by atoms with Gasteiger partial charge in [0.1, 0.15) is 11.9 Å². The van der Waals surface area contributed by atoms with E-state index in [9.17, 15) is 9.90 Å². The number of aromatic nitrogens is 1. The van der Waals surface area contributed by atoms with Crippen LogP contribution in [0.1, 0.15) is 92.6 Å². The Balaban J connectivity index is 0.00000329. The number of fused-ring (bicyclic) bond motifs is 1. The maximum absolute atomic E-state index is 11.8. The minimum Gasteiger partial charge on any atom is -0.550 e. The van der Waals surface area contributed by atoms with E-state index in [0.29, 0.717) is 17.3 Å². The van der Waals surface area contributed by atoms with Crippen molar-refractivity contribution in [1.29, 1.82) is 0 Å². The zero-order valence-electron chi connectivity index (χ0n) is 25.8. The Morgan fingerprint density at radius 1 is 1.09 bits per heavy atom. The van der Waals surface area contributed by atoms with Crippen LogP contribution in [0.25, 0.3) is 11.1 Å². The number of carbonyl (C=O) groups excluding carboxylic acids is 1. The van der Waals surface area contributed by atoms with Crippen LogP contribution in [0.2, 0.25) is 0 Å². The topological polar surface area (TPSA) is 74.7 Å². The van der Waals surface area contributed by atoms with E-state index in [2.05, 4.69) is 52.3 Å². The second kappa shape index (κ2) is 12.5. The van der Waals surface area contributed by atoms with Crippen molar-refractivity contribution < 1.29 is 48.9 Å². The summed E-state index contributed by atoms with van der Waals surface area (Å²) in [4.78, 5) is 18.9. The van der Waals surface area contributed by atoms with Gasteiger partial charge in [0.15, 0.2) is 0 Å². The molecule has 2 saturated carbocycles. The third kappa shape index (κ3) is 6.26. The number of pyridine rings is 1. The van der Waals surface area contributed by atoms with Gasteiger partial charge >= 0.3 is 29.6 Å². The fourth-order valence-electron chi connectivity index (χ4n) is 7.63. The first-order valence-electron chi connectivity index (χ1n) is 15.8. The number of carboxylic acid groups (broad SMARTS) is 1. The van der Waals surface area contributed by atoms with E-state index in [1.165, 1.54) is 54.4 Å². The first kappa shape index (κ1) is 30.6. The number of ether oxygens (including phenoxy) is 2. The summed E-state index contributed by atoms with van der Waals surface area (Å²) in [5.41, 5.74) is 7.55. The number of hydrogen-bond acceptors (Lipinski definition) is 6. The summed E-state index contributed by atoms with van der Waals surface area (Å²) < 4.78 is 12.2. The summed E-state index contributed by atoms with van der Waals surface area (Å²) in [6.45, 7) is 3.88. The molecular formula is C36H41N2NaO4. The van der Waals surface area contributed by atoms with Crippen molar-refractivity contribution in [3.05, 3.63) is 77.0 Å². The third-order valence-electron chi connectivity index (χ3n) is 10.4. The number of benzene rings is 2. The maximum Gasteiger partial charge on any atom is 1.00 e. The van der Waals surface area contributed by atoms with Gasteiger partial charge in [-0.3, -0.25) is 4.90 Å². The molecule has 6 nitrogen and oxygen atoms in total. The molecule has 1 unspecified atom stereocenters. The summed E-state index contributed by atoms with van der Waals surface area (Å²) in [7, 11) is 1.66. The Morgan fingerprint density at radius 2 is 1.93 bits per heavy atom. The van der Waals surface area contributed by atoms with Crippen LogP contribution in [-0.2, 0) is 17.8 Å². The average Bonchev–Trinajstić information content (AvgIpc) is 3.96. The van der Waals surface area contributed by atoms with E-state index in [4.69, 9.17) is 9.47 Å². The molecule has 4 aliphatic rings. The number of carbonyl (C=O) groups is 1. The van der Waals surface area contributed by atoms with Crippen LogP contribution in [0.5, 0.6) is 11.6 Å². The Morgan fingerprint density at radius 3 is 2.67 bits per heavy atom. The van der Waals surface area contributed by atoms with E-state index in [1.807, 2.05) is 12.3 Å². The predicted molar refractivity (Wildman–Crippen MR) is 160 cm³/mol. The maximum atomic E-state index is 11.8. The van der Waals surface area contributed by atoms with Gasteiger partial charge in [-0.25, -0.2) is 4.98 Å². The molecule has 2 aliphatic carbocycles.